The Morgan fingerprint density at radius 3 is 1.68 bits per heavy atom. The van der Waals surface area contributed by atoms with Gasteiger partial charge in [-0.2, -0.15) is 0 Å². The van der Waals surface area contributed by atoms with Crippen molar-refractivity contribution in [1.29, 1.82) is 0 Å². The zero-order valence-electron chi connectivity index (χ0n) is 17.8. The van der Waals surface area contributed by atoms with E-state index >= 15 is 0 Å². The maximum absolute atomic E-state index is 12.3. The number of carbonyl (C=O) groups excluding carboxylic acids is 1. The van der Waals surface area contributed by atoms with E-state index in [0.29, 0.717) is 11.5 Å². The molecule has 0 bridgehead atoms. The SMILES string of the molecule is O=C(/C=C/c1ccccc1)OC(COc1ccc([N+](=O)[O-])cc1)COc1ccc([N+](=O)[O-])cc1. The number of non-ortho nitro benzene ring substituents is 2. The normalized spacial score (nSPS) is 10.7. The van der Waals surface area contributed by atoms with Crippen LogP contribution >= 0.6 is 0 Å². The molecule has 0 amide bonds. The monoisotopic (exact) mass is 464 g/mol. The highest BCUT2D eigenvalue weighted by molar-refractivity contribution is 5.87. The number of carbonyl (C=O) groups is 1. The Hall–Kier alpha value is -4.73. The number of ether oxygens (including phenoxy) is 3. The molecule has 3 aromatic carbocycles. The molecule has 0 saturated heterocycles. The fourth-order valence-electron chi connectivity index (χ4n) is 2.75. The van der Waals surface area contributed by atoms with Crippen LogP contribution in [0.3, 0.4) is 0 Å². The summed E-state index contributed by atoms with van der Waals surface area (Å²) in [6, 6.07) is 20.1. The first kappa shape index (κ1) is 23.9. The largest absolute Gasteiger partial charge is 0.490 e. The van der Waals surface area contributed by atoms with Crippen molar-refractivity contribution < 1.29 is 28.9 Å². The van der Waals surface area contributed by atoms with Crippen LogP contribution in [0.25, 0.3) is 6.08 Å². The van der Waals surface area contributed by atoms with Crippen molar-refractivity contribution in [3.05, 3.63) is 111 Å². The number of rotatable bonds is 11. The topological polar surface area (TPSA) is 131 Å². The number of nitrogens with zero attached hydrogens (tertiary/aromatic N) is 2. The molecule has 0 aliphatic carbocycles. The summed E-state index contributed by atoms with van der Waals surface area (Å²) in [5.74, 6) is 0.0806. The van der Waals surface area contributed by atoms with Crippen LogP contribution in [0.15, 0.2) is 84.9 Å². The highest BCUT2D eigenvalue weighted by Gasteiger charge is 2.17. The average Bonchev–Trinajstić information content (AvgIpc) is 2.85. The smallest absolute Gasteiger partial charge is 0.331 e. The summed E-state index contributed by atoms with van der Waals surface area (Å²) < 4.78 is 16.7. The third kappa shape index (κ3) is 7.45. The van der Waals surface area contributed by atoms with Crippen molar-refractivity contribution in [2.75, 3.05) is 13.2 Å². The van der Waals surface area contributed by atoms with Crippen molar-refractivity contribution in [2.45, 2.75) is 6.10 Å². The van der Waals surface area contributed by atoms with Gasteiger partial charge in [0.1, 0.15) is 24.7 Å². The van der Waals surface area contributed by atoms with Crippen LogP contribution in [0.1, 0.15) is 5.56 Å². The molecule has 0 heterocycles. The summed E-state index contributed by atoms with van der Waals surface area (Å²) in [6.07, 6.45) is 2.05. The summed E-state index contributed by atoms with van der Waals surface area (Å²) in [6.45, 7) is -0.175. The molecule has 0 aliphatic heterocycles. The van der Waals surface area contributed by atoms with E-state index in [0.717, 1.165) is 5.56 Å². The van der Waals surface area contributed by atoms with E-state index in [2.05, 4.69) is 0 Å². The van der Waals surface area contributed by atoms with Gasteiger partial charge < -0.3 is 14.2 Å². The molecule has 0 fully saturated rings. The lowest BCUT2D eigenvalue weighted by molar-refractivity contribution is -0.385. The van der Waals surface area contributed by atoms with Crippen LogP contribution in [0.4, 0.5) is 11.4 Å². The molecule has 0 N–H and O–H groups in total. The Kier molecular flexibility index (Phi) is 8.28. The quantitative estimate of drug-likeness (QED) is 0.174. The second kappa shape index (κ2) is 11.8. The molecule has 3 rings (SSSR count). The summed E-state index contributed by atoms with van der Waals surface area (Å²) in [4.78, 5) is 32.9. The first-order chi connectivity index (χ1) is 16.4. The van der Waals surface area contributed by atoms with Crippen LogP contribution in [0, 0.1) is 20.2 Å². The fourth-order valence-corrected chi connectivity index (χ4v) is 2.75. The summed E-state index contributed by atoms with van der Waals surface area (Å²) in [7, 11) is 0. The third-order valence-corrected chi connectivity index (χ3v) is 4.46. The number of nitro benzene ring substituents is 2. The molecule has 174 valence electrons. The molecule has 10 heteroatoms. The molecular weight excluding hydrogens is 444 g/mol. The first-order valence-electron chi connectivity index (χ1n) is 10.1. The standard InChI is InChI=1S/C24H20N2O8/c27-24(15-6-18-4-2-1-3-5-18)34-23(16-32-21-11-7-19(8-12-21)25(28)29)17-33-22-13-9-20(10-14-22)26(30)31/h1-15,23H,16-17H2/b15-6+. The van der Waals surface area contributed by atoms with Gasteiger partial charge in [0.05, 0.1) is 9.85 Å². The first-order valence-corrected chi connectivity index (χ1v) is 10.1. The molecule has 10 nitrogen and oxygen atoms in total. The van der Waals surface area contributed by atoms with Gasteiger partial charge >= 0.3 is 5.97 Å². The maximum Gasteiger partial charge on any atom is 0.331 e. The van der Waals surface area contributed by atoms with Crippen LogP contribution in [-0.2, 0) is 9.53 Å². The molecular formula is C24H20N2O8. The second-order valence-corrected chi connectivity index (χ2v) is 6.93. The minimum Gasteiger partial charge on any atom is -0.490 e. The third-order valence-electron chi connectivity index (χ3n) is 4.46. The number of hydrogen-bond donors (Lipinski definition) is 0. The van der Waals surface area contributed by atoms with E-state index in [1.54, 1.807) is 6.08 Å². The number of esters is 1. The maximum atomic E-state index is 12.3. The zero-order chi connectivity index (χ0) is 24.3. The fraction of sp³-hybridized carbons (Fsp3) is 0.125. The lowest BCUT2D eigenvalue weighted by atomic mass is 10.2. The lowest BCUT2D eigenvalue weighted by Gasteiger charge is -2.18. The predicted octanol–water partition coefficient (Wildman–Crippen LogP) is 4.59. The van der Waals surface area contributed by atoms with Gasteiger partial charge in [-0.3, -0.25) is 20.2 Å². The highest BCUT2D eigenvalue weighted by Crippen LogP contribution is 2.19. The van der Waals surface area contributed by atoms with Crippen molar-refractivity contribution in [3.63, 3.8) is 0 Å². The summed E-state index contributed by atoms with van der Waals surface area (Å²) in [5.41, 5.74) is 0.658. The van der Waals surface area contributed by atoms with Crippen LogP contribution in [0.2, 0.25) is 0 Å². The van der Waals surface area contributed by atoms with Gasteiger partial charge in [-0.25, -0.2) is 4.79 Å². The highest BCUT2D eigenvalue weighted by atomic mass is 16.6. The molecule has 0 unspecified atom stereocenters. The van der Waals surface area contributed by atoms with Crippen LogP contribution in [-0.4, -0.2) is 35.1 Å². The average molecular weight is 464 g/mol. The predicted molar refractivity (Wildman–Crippen MR) is 123 cm³/mol. The van der Waals surface area contributed by atoms with Gasteiger partial charge in [0.2, 0.25) is 0 Å². The van der Waals surface area contributed by atoms with Crippen molar-refractivity contribution in [1.82, 2.24) is 0 Å². The van der Waals surface area contributed by atoms with E-state index in [4.69, 9.17) is 14.2 Å². The molecule has 34 heavy (non-hydrogen) atoms. The van der Waals surface area contributed by atoms with Gasteiger partial charge in [-0.1, -0.05) is 30.3 Å². The van der Waals surface area contributed by atoms with Crippen LogP contribution in [0.5, 0.6) is 11.5 Å². The molecule has 0 saturated carbocycles. The molecule has 0 aromatic heterocycles. The summed E-state index contributed by atoms with van der Waals surface area (Å²) in [5, 5.41) is 21.6. The molecule has 0 atom stereocenters. The Bertz CT molecular complexity index is 1080. The molecule has 0 spiro atoms. The number of hydrogen-bond acceptors (Lipinski definition) is 8. The van der Waals surface area contributed by atoms with Gasteiger partial charge in [0.15, 0.2) is 6.10 Å². The number of benzene rings is 3. The van der Waals surface area contributed by atoms with E-state index in [-0.39, 0.29) is 24.6 Å². The Morgan fingerprint density at radius 2 is 1.24 bits per heavy atom. The van der Waals surface area contributed by atoms with Crippen molar-refractivity contribution in [3.8, 4) is 11.5 Å². The molecule has 0 radical (unpaired) electrons. The second-order valence-electron chi connectivity index (χ2n) is 6.93. The Balaban J connectivity index is 1.64. The van der Waals surface area contributed by atoms with Gasteiger partial charge in [0.25, 0.3) is 11.4 Å². The molecule has 0 aliphatic rings. The number of nitro groups is 2. The van der Waals surface area contributed by atoms with Crippen molar-refractivity contribution >= 4 is 23.4 Å². The van der Waals surface area contributed by atoms with Crippen LogP contribution < -0.4 is 9.47 Å². The zero-order valence-corrected chi connectivity index (χ0v) is 17.8. The van der Waals surface area contributed by atoms with E-state index in [1.165, 1.54) is 54.6 Å². The Morgan fingerprint density at radius 1 is 0.765 bits per heavy atom. The Labute approximate surface area is 194 Å². The van der Waals surface area contributed by atoms with Gasteiger partial charge in [-0.15, -0.1) is 0 Å². The van der Waals surface area contributed by atoms with E-state index in [1.807, 2.05) is 30.3 Å². The van der Waals surface area contributed by atoms with E-state index in [9.17, 15) is 25.0 Å². The summed E-state index contributed by atoms with van der Waals surface area (Å²) >= 11 is 0. The lowest BCUT2D eigenvalue weighted by Crippen LogP contribution is -2.30. The van der Waals surface area contributed by atoms with Gasteiger partial charge in [-0.05, 0) is 35.9 Å². The van der Waals surface area contributed by atoms with E-state index < -0.39 is 21.9 Å². The molecule has 3 aromatic rings. The minimum atomic E-state index is -0.835. The minimum absolute atomic E-state index is 0.0807. The van der Waals surface area contributed by atoms with Gasteiger partial charge in [0, 0.05) is 30.3 Å². The van der Waals surface area contributed by atoms with Crippen molar-refractivity contribution in [2.24, 2.45) is 0 Å².